The van der Waals surface area contributed by atoms with Crippen LogP contribution in [0.5, 0.6) is 5.75 Å². The number of nitrogens with one attached hydrogen (secondary N) is 1. The Morgan fingerprint density at radius 3 is 2.83 bits per heavy atom. The summed E-state index contributed by atoms with van der Waals surface area (Å²) in [5, 5.41) is 23.3. The Kier molecular flexibility index (Phi) is 9.32. The van der Waals surface area contributed by atoms with E-state index < -0.39 is 41.9 Å². The molecule has 2 aromatic rings. The number of aliphatic hydroxyl groups excluding tert-OH is 1. The molecule has 0 radical (unpaired) electrons. The van der Waals surface area contributed by atoms with E-state index in [1.807, 2.05) is 0 Å². The van der Waals surface area contributed by atoms with Gasteiger partial charge in [0, 0.05) is 12.6 Å². The molecule has 1 aromatic heterocycles. The van der Waals surface area contributed by atoms with Crippen LogP contribution < -0.4 is 15.3 Å². The molecule has 1 saturated heterocycles. The van der Waals surface area contributed by atoms with Gasteiger partial charge in [-0.15, -0.1) is 11.8 Å². The fourth-order valence-electron chi connectivity index (χ4n) is 3.77. The van der Waals surface area contributed by atoms with E-state index >= 15 is 0 Å². The summed E-state index contributed by atoms with van der Waals surface area (Å²) in [4.78, 5) is 28.6. The first-order chi connectivity index (χ1) is 19.0. The van der Waals surface area contributed by atoms with Gasteiger partial charge in [0.2, 0.25) is 0 Å². The summed E-state index contributed by atoms with van der Waals surface area (Å²) in [6, 6.07) is 9.52. The number of nitrogens with zero attached hydrogens (tertiary/aromatic N) is 3. The lowest BCUT2D eigenvalue weighted by Crippen LogP contribution is -2.36. The topological polar surface area (TPSA) is 192 Å². The quantitative estimate of drug-likeness (QED) is 0.141. The lowest BCUT2D eigenvalue weighted by atomic mass is 10.2. The van der Waals surface area contributed by atoms with E-state index in [4.69, 9.17) is 23.9 Å². The molecule has 0 spiro atoms. The van der Waals surface area contributed by atoms with E-state index in [2.05, 4.69) is 16.7 Å². The summed E-state index contributed by atoms with van der Waals surface area (Å²) in [5.74, 6) is -0.267. The minimum Gasteiger partial charge on any atom is -0.456 e. The highest BCUT2D eigenvalue weighted by atomic mass is 32.2. The van der Waals surface area contributed by atoms with Crippen molar-refractivity contribution >= 4 is 37.2 Å². The van der Waals surface area contributed by atoms with Gasteiger partial charge >= 0.3 is 19.6 Å². The molecule has 2 aliphatic rings. The third-order valence-corrected chi connectivity index (χ3v) is 8.92. The molecule has 2 aliphatic heterocycles. The molecule has 16 heteroatoms. The summed E-state index contributed by atoms with van der Waals surface area (Å²) in [6.45, 7) is 4.74. The molecule has 0 bridgehead atoms. The van der Waals surface area contributed by atoms with Gasteiger partial charge in [0.15, 0.2) is 0 Å². The van der Waals surface area contributed by atoms with Gasteiger partial charge in [-0.1, -0.05) is 24.8 Å². The van der Waals surface area contributed by atoms with Gasteiger partial charge in [-0.2, -0.15) is 5.09 Å². The van der Waals surface area contributed by atoms with Crippen molar-refractivity contribution in [1.82, 2.24) is 9.99 Å². The summed E-state index contributed by atoms with van der Waals surface area (Å²) >= 11 is 1.39. The maximum atomic E-state index is 13.8. The van der Waals surface area contributed by atoms with Crippen molar-refractivity contribution in [1.29, 1.82) is 0 Å². The molecule has 0 aliphatic carbocycles. The summed E-state index contributed by atoms with van der Waals surface area (Å²) < 4.78 is 35.2. The number of esters is 1. The number of benzene rings is 1. The largest absolute Gasteiger partial charge is 0.459 e. The number of thioether (sulfide) groups is 1. The zero-order valence-electron chi connectivity index (χ0n) is 21.3. The number of hydrogen-bond acceptors (Lipinski definition) is 13. The van der Waals surface area contributed by atoms with E-state index in [1.54, 1.807) is 47.5 Å². The highest BCUT2D eigenvalue weighted by molar-refractivity contribution is 8.00. The number of nitro groups is 1. The molecule has 4 rings (SSSR count). The number of carbonyl (C=O) groups is 1. The van der Waals surface area contributed by atoms with E-state index in [1.165, 1.54) is 24.8 Å². The lowest BCUT2D eigenvalue weighted by molar-refractivity contribution is -0.402. The van der Waals surface area contributed by atoms with E-state index in [0.29, 0.717) is 18.1 Å². The van der Waals surface area contributed by atoms with Crippen LogP contribution in [-0.2, 0) is 25.2 Å². The zero-order valence-corrected chi connectivity index (χ0v) is 23.0. The van der Waals surface area contributed by atoms with Crippen LogP contribution in [0, 0.1) is 10.1 Å². The number of para-hydroxylation sites is 1. The zero-order chi connectivity index (χ0) is 28.9. The lowest BCUT2D eigenvalue weighted by Gasteiger charge is -2.28. The van der Waals surface area contributed by atoms with E-state index in [9.17, 15) is 24.6 Å². The maximum absolute atomic E-state index is 13.8. The Hall–Kier alpha value is -3.62. The smallest absolute Gasteiger partial charge is 0.456 e. The maximum Gasteiger partial charge on any atom is 0.459 e. The van der Waals surface area contributed by atoms with E-state index in [0.717, 1.165) is 6.07 Å². The van der Waals surface area contributed by atoms with Gasteiger partial charge in [-0.05, 0) is 31.2 Å². The Balaban J connectivity index is 1.38. The van der Waals surface area contributed by atoms with Crippen LogP contribution in [0.3, 0.4) is 0 Å². The predicted molar refractivity (Wildman–Crippen MR) is 146 cm³/mol. The molecule has 4 N–H and O–H groups in total. The van der Waals surface area contributed by atoms with Crippen LogP contribution >= 0.6 is 19.5 Å². The Bertz CT molecular complexity index is 1350. The molecule has 0 saturated carbocycles. The van der Waals surface area contributed by atoms with E-state index in [-0.39, 0.29) is 30.1 Å². The molecule has 1 fully saturated rings. The van der Waals surface area contributed by atoms with Crippen molar-refractivity contribution in [2.45, 2.75) is 42.7 Å². The fraction of sp³-hybridized carbons (Fsp3) is 0.333. The molecular weight excluding hydrogens is 565 g/mol. The van der Waals surface area contributed by atoms with Crippen LogP contribution in [-0.4, -0.2) is 56.1 Å². The van der Waals surface area contributed by atoms with Crippen LogP contribution in [0.4, 0.5) is 5.88 Å². The van der Waals surface area contributed by atoms with Crippen molar-refractivity contribution in [3.63, 3.8) is 0 Å². The first-order valence-electron chi connectivity index (χ1n) is 12.0. The second-order valence-corrected chi connectivity index (χ2v) is 11.9. The number of nitrogens with two attached hydrogens (primary N) is 1. The fourth-order valence-corrected chi connectivity index (χ4v) is 6.86. The van der Waals surface area contributed by atoms with Gasteiger partial charge < -0.3 is 29.4 Å². The van der Waals surface area contributed by atoms with Gasteiger partial charge in [0.25, 0.3) is 0 Å². The second kappa shape index (κ2) is 12.7. The number of aliphatic hydroxyl groups is 1. The molecule has 40 heavy (non-hydrogen) atoms. The number of hydrogen-bond donors (Lipinski definition) is 3. The summed E-state index contributed by atoms with van der Waals surface area (Å²) in [7, 11) is -4.18. The standard InChI is InChI=1S/C24H28N5O9PS/c1-15(24(31)35-13-18-8-9-22(37-18)29(32)33)27-39(34,38-17-6-4-3-5-7-17)36-14-20-19(30)12-23(40-20)28-11-10-21(25)26-16(28)2/h3-11,15,19-20,23,30H,2,12-14H2,1H3,(H2,25,26)(H,27,34)/t15-,19+,20+,23+,39?/m0/s1. The number of furan rings is 1. The number of aliphatic imine (C=N–C) groups is 1. The summed E-state index contributed by atoms with van der Waals surface area (Å²) in [6.07, 6.45) is 2.93. The molecule has 1 unspecified atom stereocenters. The minimum atomic E-state index is -4.18. The van der Waals surface area contributed by atoms with Crippen LogP contribution in [0.2, 0.25) is 0 Å². The van der Waals surface area contributed by atoms with Crippen LogP contribution in [0.25, 0.3) is 0 Å². The monoisotopic (exact) mass is 593 g/mol. The first-order valence-corrected chi connectivity index (χ1v) is 14.5. The van der Waals surface area contributed by atoms with Crippen LogP contribution in [0.15, 0.2) is 76.6 Å². The third-order valence-electron chi connectivity index (χ3n) is 5.74. The summed E-state index contributed by atoms with van der Waals surface area (Å²) in [5.41, 5.74) is 5.71. The van der Waals surface area contributed by atoms with Crippen molar-refractivity contribution in [3.05, 3.63) is 83.0 Å². The number of carbonyl (C=O) groups excluding carboxylic acids is 1. The van der Waals surface area contributed by atoms with Crippen molar-refractivity contribution in [2.24, 2.45) is 10.7 Å². The molecule has 0 amide bonds. The van der Waals surface area contributed by atoms with Crippen molar-refractivity contribution in [2.75, 3.05) is 6.61 Å². The van der Waals surface area contributed by atoms with Gasteiger partial charge in [0.1, 0.15) is 40.7 Å². The number of ether oxygens (including phenoxy) is 1. The first kappa shape index (κ1) is 29.4. The number of rotatable bonds is 12. The SMILES string of the molecule is C=C1N=C(N)C=CN1[C@H]1C[C@@H](O)[C@@H](COP(=O)(N[C@@H](C)C(=O)OCc2ccc([N+](=O)[O-])o2)Oc2ccccc2)S1. The Labute approximate surface area is 233 Å². The highest BCUT2D eigenvalue weighted by Crippen LogP contribution is 2.47. The molecule has 214 valence electrons. The molecule has 3 heterocycles. The number of amidine groups is 1. The highest BCUT2D eigenvalue weighted by Gasteiger charge is 2.40. The molecule has 5 atom stereocenters. The normalized spacial score (nSPS) is 22.9. The Morgan fingerprint density at radius 2 is 2.15 bits per heavy atom. The second-order valence-electron chi connectivity index (χ2n) is 8.76. The van der Waals surface area contributed by atoms with Crippen LogP contribution in [0.1, 0.15) is 19.1 Å². The molecule has 1 aromatic carbocycles. The average molecular weight is 594 g/mol. The van der Waals surface area contributed by atoms with Crippen molar-refractivity contribution in [3.8, 4) is 5.75 Å². The molecular formula is C24H28N5O9PS. The van der Waals surface area contributed by atoms with Gasteiger partial charge in [-0.3, -0.25) is 19.4 Å². The average Bonchev–Trinajstić information content (AvgIpc) is 3.53. The molecule has 14 nitrogen and oxygen atoms in total. The van der Waals surface area contributed by atoms with Gasteiger partial charge in [0.05, 0.1) is 29.4 Å². The Morgan fingerprint density at radius 1 is 1.40 bits per heavy atom. The van der Waals surface area contributed by atoms with Crippen molar-refractivity contribution < 1.29 is 37.6 Å². The van der Waals surface area contributed by atoms with Gasteiger partial charge in [-0.25, -0.2) is 9.56 Å². The third kappa shape index (κ3) is 7.52. The predicted octanol–water partition coefficient (Wildman–Crippen LogP) is 3.26. The minimum absolute atomic E-state index is 0.0635.